The van der Waals surface area contributed by atoms with Gasteiger partial charge in [0, 0.05) is 23.5 Å². The van der Waals surface area contributed by atoms with Crippen LogP contribution in [-0.4, -0.2) is 24.1 Å². The summed E-state index contributed by atoms with van der Waals surface area (Å²) in [6.07, 6.45) is 0. The topological polar surface area (TPSA) is 49.4 Å². The first-order valence-electron chi connectivity index (χ1n) is 7.99. The van der Waals surface area contributed by atoms with Gasteiger partial charge in [-0.3, -0.25) is 9.59 Å². The monoisotopic (exact) mass is 340 g/mol. The Labute approximate surface area is 146 Å². The quantitative estimate of drug-likeness (QED) is 0.928. The number of hydrogen-bond acceptors (Lipinski definition) is 3. The SMILES string of the molecule is CCN1C(=O)CSc2ccc(C(=O)NCc3ccc(C)cc3)cc21. The lowest BCUT2D eigenvalue weighted by molar-refractivity contribution is -0.116. The summed E-state index contributed by atoms with van der Waals surface area (Å²) in [6, 6.07) is 13.6. The number of aryl methyl sites for hydroxylation is 1. The summed E-state index contributed by atoms with van der Waals surface area (Å²) >= 11 is 1.52. The molecular formula is C19H20N2O2S. The predicted octanol–water partition coefficient (Wildman–Crippen LogP) is 3.38. The average molecular weight is 340 g/mol. The van der Waals surface area contributed by atoms with Crippen LogP contribution in [0.5, 0.6) is 0 Å². The van der Waals surface area contributed by atoms with Crippen LogP contribution in [0.3, 0.4) is 0 Å². The molecule has 1 aliphatic rings. The minimum atomic E-state index is -0.127. The Kier molecular flexibility index (Phi) is 4.90. The lowest BCUT2D eigenvalue weighted by Gasteiger charge is -2.28. The van der Waals surface area contributed by atoms with Gasteiger partial charge in [0.1, 0.15) is 0 Å². The van der Waals surface area contributed by atoms with Crippen molar-refractivity contribution < 1.29 is 9.59 Å². The maximum absolute atomic E-state index is 12.4. The van der Waals surface area contributed by atoms with E-state index in [4.69, 9.17) is 0 Å². The largest absolute Gasteiger partial charge is 0.348 e. The molecule has 0 spiro atoms. The van der Waals surface area contributed by atoms with Gasteiger partial charge >= 0.3 is 0 Å². The van der Waals surface area contributed by atoms with Gasteiger partial charge in [0.25, 0.3) is 5.91 Å². The van der Waals surface area contributed by atoms with E-state index < -0.39 is 0 Å². The number of thioether (sulfide) groups is 1. The summed E-state index contributed by atoms with van der Waals surface area (Å²) in [6.45, 7) is 5.08. The highest BCUT2D eigenvalue weighted by atomic mass is 32.2. The van der Waals surface area contributed by atoms with E-state index in [-0.39, 0.29) is 11.8 Å². The predicted molar refractivity (Wildman–Crippen MR) is 97.5 cm³/mol. The van der Waals surface area contributed by atoms with E-state index in [9.17, 15) is 9.59 Å². The summed E-state index contributed by atoms with van der Waals surface area (Å²) < 4.78 is 0. The van der Waals surface area contributed by atoms with E-state index >= 15 is 0 Å². The number of nitrogens with zero attached hydrogens (tertiary/aromatic N) is 1. The smallest absolute Gasteiger partial charge is 0.251 e. The van der Waals surface area contributed by atoms with Crippen molar-refractivity contribution in [2.45, 2.75) is 25.3 Å². The summed E-state index contributed by atoms with van der Waals surface area (Å²) in [5, 5.41) is 2.94. The number of carbonyl (C=O) groups is 2. The van der Waals surface area contributed by atoms with E-state index in [0.717, 1.165) is 16.1 Å². The zero-order chi connectivity index (χ0) is 17.1. The molecule has 0 aliphatic carbocycles. The van der Waals surface area contributed by atoms with Crippen molar-refractivity contribution in [3.63, 3.8) is 0 Å². The van der Waals surface area contributed by atoms with E-state index in [0.29, 0.717) is 24.4 Å². The van der Waals surface area contributed by atoms with E-state index in [1.807, 2.05) is 56.3 Å². The van der Waals surface area contributed by atoms with Crippen molar-refractivity contribution in [2.24, 2.45) is 0 Å². The molecule has 1 aliphatic heterocycles. The highest BCUT2D eigenvalue weighted by Crippen LogP contribution is 2.35. The van der Waals surface area contributed by atoms with Crippen molar-refractivity contribution in [1.82, 2.24) is 5.32 Å². The first-order valence-corrected chi connectivity index (χ1v) is 8.98. The molecule has 2 amide bonds. The molecule has 0 radical (unpaired) electrons. The lowest BCUT2D eigenvalue weighted by atomic mass is 10.1. The Bertz CT molecular complexity index is 771. The first-order chi connectivity index (χ1) is 11.6. The van der Waals surface area contributed by atoms with Gasteiger partial charge in [0.2, 0.25) is 5.91 Å². The first kappa shape index (κ1) is 16.6. The van der Waals surface area contributed by atoms with Gasteiger partial charge in [-0.1, -0.05) is 29.8 Å². The molecule has 3 rings (SSSR count). The highest BCUT2D eigenvalue weighted by molar-refractivity contribution is 8.00. The Balaban J connectivity index is 1.75. The van der Waals surface area contributed by atoms with Gasteiger partial charge in [-0.25, -0.2) is 0 Å². The second kappa shape index (κ2) is 7.09. The van der Waals surface area contributed by atoms with E-state index in [1.165, 1.54) is 17.3 Å². The van der Waals surface area contributed by atoms with Crippen LogP contribution in [0.15, 0.2) is 47.4 Å². The fourth-order valence-corrected chi connectivity index (χ4v) is 3.60. The summed E-state index contributed by atoms with van der Waals surface area (Å²) in [7, 11) is 0. The van der Waals surface area contributed by atoms with Gasteiger partial charge in [0.05, 0.1) is 11.4 Å². The van der Waals surface area contributed by atoms with Crippen LogP contribution in [-0.2, 0) is 11.3 Å². The molecule has 5 heteroatoms. The Morgan fingerprint density at radius 3 is 2.67 bits per heavy atom. The number of hydrogen-bond donors (Lipinski definition) is 1. The van der Waals surface area contributed by atoms with Gasteiger partial charge in [-0.15, -0.1) is 11.8 Å². The summed E-state index contributed by atoms with van der Waals surface area (Å²) in [5.41, 5.74) is 3.67. The van der Waals surface area contributed by atoms with Gasteiger partial charge in [0.15, 0.2) is 0 Å². The van der Waals surface area contributed by atoms with Crippen LogP contribution in [0.2, 0.25) is 0 Å². The van der Waals surface area contributed by atoms with Crippen molar-refractivity contribution in [2.75, 3.05) is 17.2 Å². The Morgan fingerprint density at radius 2 is 1.96 bits per heavy atom. The molecule has 2 aromatic carbocycles. The van der Waals surface area contributed by atoms with Crippen molar-refractivity contribution >= 4 is 29.3 Å². The molecule has 124 valence electrons. The van der Waals surface area contributed by atoms with E-state index in [2.05, 4.69) is 5.32 Å². The third-order valence-corrected chi connectivity index (χ3v) is 5.10. The molecule has 24 heavy (non-hydrogen) atoms. The Hall–Kier alpha value is -2.27. The number of anilines is 1. The van der Waals surface area contributed by atoms with E-state index in [1.54, 1.807) is 4.90 Å². The zero-order valence-corrected chi connectivity index (χ0v) is 14.7. The molecule has 0 aromatic heterocycles. The summed E-state index contributed by atoms with van der Waals surface area (Å²) in [4.78, 5) is 27.2. The zero-order valence-electron chi connectivity index (χ0n) is 13.8. The van der Waals surface area contributed by atoms with Crippen LogP contribution in [0.25, 0.3) is 0 Å². The number of rotatable bonds is 4. The third-order valence-electron chi connectivity index (χ3n) is 4.05. The van der Waals surface area contributed by atoms with Crippen molar-refractivity contribution in [3.05, 3.63) is 59.2 Å². The fourth-order valence-electron chi connectivity index (χ4n) is 2.68. The van der Waals surface area contributed by atoms with Gasteiger partial charge in [-0.05, 0) is 37.6 Å². The number of amides is 2. The molecule has 0 bridgehead atoms. The Morgan fingerprint density at radius 1 is 1.21 bits per heavy atom. The minimum absolute atomic E-state index is 0.0900. The molecule has 0 saturated carbocycles. The van der Waals surface area contributed by atoms with Crippen molar-refractivity contribution in [3.8, 4) is 0 Å². The van der Waals surface area contributed by atoms with Crippen LogP contribution < -0.4 is 10.2 Å². The average Bonchev–Trinajstić information content (AvgIpc) is 2.60. The second-order valence-electron chi connectivity index (χ2n) is 5.78. The van der Waals surface area contributed by atoms with Crippen LogP contribution in [0.4, 0.5) is 5.69 Å². The molecule has 0 fully saturated rings. The summed E-state index contributed by atoms with van der Waals surface area (Å²) in [5.74, 6) is 0.421. The third kappa shape index (κ3) is 3.46. The molecule has 0 atom stereocenters. The molecule has 0 saturated heterocycles. The maximum atomic E-state index is 12.4. The fraction of sp³-hybridized carbons (Fsp3) is 0.263. The van der Waals surface area contributed by atoms with Crippen LogP contribution in [0, 0.1) is 6.92 Å². The maximum Gasteiger partial charge on any atom is 0.251 e. The lowest BCUT2D eigenvalue weighted by Crippen LogP contribution is -2.35. The van der Waals surface area contributed by atoms with Crippen molar-refractivity contribution in [1.29, 1.82) is 0 Å². The molecule has 0 unspecified atom stereocenters. The molecule has 4 nitrogen and oxygen atoms in total. The minimum Gasteiger partial charge on any atom is -0.348 e. The number of benzene rings is 2. The van der Waals surface area contributed by atoms with Crippen LogP contribution in [0.1, 0.15) is 28.4 Å². The second-order valence-corrected chi connectivity index (χ2v) is 6.79. The molecule has 2 aromatic rings. The number of fused-ring (bicyclic) bond motifs is 1. The number of carbonyl (C=O) groups excluding carboxylic acids is 2. The molecular weight excluding hydrogens is 320 g/mol. The standard InChI is InChI=1S/C19H20N2O2S/c1-3-21-16-10-15(8-9-17(16)24-12-18(21)22)19(23)20-11-14-6-4-13(2)5-7-14/h4-10H,3,11-12H2,1-2H3,(H,20,23). The normalized spacial score (nSPS) is 13.6. The van der Waals surface area contributed by atoms with Gasteiger partial charge < -0.3 is 10.2 Å². The van der Waals surface area contributed by atoms with Crippen LogP contribution >= 0.6 is 11.8 Å². The van der Waals surface area contributed by atoms with Gasteiger partial charge in [-0.2, -0.15) is 0 Å². The number of nitrogens with one attached hydrogen (secondary N) is 1. The molecule has 1 N–H and O–H groups in total. The highest BCUT2D eigenvalue weighted by Gasteiger charge is 2.24. The molecule has 1 heterocycles.